The third kappa shape index (κ3) is 7.53. The van der Waals surface area contributed by atoms with E-state index in [2.05, 4.69) is 23.0 Å². The minimum atomic E-state index is -0.718. The predicted molar refractivity (Wildman–Crippen MR) is 118 cm³/mol. The van der Waals surface area contributed by atoms with E-state index in [1.807, 2.05) is 18.2 Å². The molecule has 1 aliphatic rings. The monoisotopic (exact) mass is 443 g/mol. The van der Waals surface area contributed by atoms with Gasteiger partial charge in [-0.3, -0.25) is 4.79 Å². The molecule has 0 N–H and O–H groups in total. The lowest BCUT2D eigenvalue weighted by atomic mass is 9.93. The van der Waals surface area contributed by atoms with E-state index < -0.39 is 18.0 Å². The SMILES string of the molecule is COCOC1CC(C/C=C/C(=O)N=[N+]=[N-])OC(=O)c2c(cccc2OC)C/C=C/CC1C. The lowest BCUT2D eigenvalue weighted by Gasteiger charge is -2.28. The Morgan fingerprint density at radius 3 is 2.88 bits per heavy atom. The Bertz CT molecular complexity index is 892. The van der Waals surface area contributed by atoms with E-state index in [-0.39, 0.29) is 25.2 Å². The van der Waals surface area contributed by atoms with E-state index >= 15 is 0 Å². The summed E-state index contributed by atoms with van der Waals surface area (Å²) in [5.74, 6) is -0.652. The van der Waals surface area contributed by atoms with Crippen LogP contribution in [0.2, 0.25) is 0 Å². The first-order chi connectivity index (χ1) is 15.5. The largest absolute Gasteiger partial charge is 0.496 e. The molecule has 32 heavy (non-hydrogen) atoms. The maximum atomic E-state index is 13.2. The molecule has 9 nitrogen and oxygen atoms in total. The molecule has 0 aromatic heterocycles. The molecule has 1 amide bonds. The summed E-state index contributed by atoms with van der Waals surface area (Å²) in [6.45, 7) is 2.18. The first-order valence-corrected chi connectivity index (χ1v) is 10.4. The summed E-state index contributed by atoms with van der Waals surface area (Å²) in [5, 5.41) is 3.01. The van der Waals surface area contributed by atoms with Crippen LogP contribution in [0.4, 0.5) is 0 Å². The van der Waals surface area contributed by atoms with Crippen molar-refractivity contribution in [3.8, 4) is 5.75 Å². The summed E-state index contributed by atoms with van der Waals surface area (Å²) in [7, 11) is 3.05. The smallest absolute Gasteiger partial charge is 0.342 e. The van der Waals surface area contributed by atoms with Crippen LogP contribution in [-0.4, -0.2) is 45.1 Å². The third-order valence-corrected chi connectivity index (χ3v) is 5.16. The summed E-state index contributed by atoms with van der Waals surface area (Å²) in [5.41, 5.74) is 9.55. The second kappa shape index (κ2) is 13.3. The molecule has 0 spiro atoms. The van der Waals surface area contributed by atoms with Crippen molar-refractivity contribution in [1.82, 2.24) is 0 Å². The number of esters is 1. The van der Waals surface area contributed by atoms with E-state index in [0.717, 1.165) is 18.1 Å². The van der Waals surface area contributed by atoms with Gasteiger partial charge in [-0.1, -0.05) is 37.3 Å². The molecule has 2 rings (SSSR count). The summed E-state index contributed by atoms with van der Waals surface area (Å²) >= 11 is 0. The Labute approximate surface area is 187 Å². The number of methoxy groups -OCH3 is 2. The van der Waals surface area contributed by atoms with E-state index in [1.165, 1.54) is 13.2 Å². The molecular formula is C23H29N3O6. The summed E-state index contributed by atoms with van der Waals surface area (Å²) in [6.07, 6.45) is 7.96. The zero-order chi connectivity index (χ0) is 23.3. The highest BCUT2D eigenvalue weighted by Gasteiger charge is 2.27. The molecule has 1 heterocycles. The number of hydrogen-bond donors (Lipinski definition) is 0. The number of rotatable bonds is 7. The van der Waals surface area contributed by atoms with Gasteiger partial charge < -0.3 is 18.9 Å². The molecule has 172 valence electrons. The minimum absolute atomic E-state index is 0.112. The molecule has 3 atom stereocenters. The maximum Gasteiger partial charge on any atom is 0.342 e. The van der Waals surface area contributed by atoms with Crippen molar-refractivity contribution in [3.63, 3.8) is 0 Å². The molecule has 1 aromatic rings. The molecule has 0 bridgehead atoms. The van der Waals surface area contributed by atoms with Crippen molar-refractivity contribution in [2.45, 2.75) is 44.8 Å². The van der Waals surface area contributed by atoms with Gasteiger partial charge in [0.25, 0.3) is 0 Å². The Kier molecular flexibility index (Phi) is 10.5. The summed E-state index contributed by atoms with van der Waals surface area (Å²) < 4.78 is 22.2. The normalized spacial score (nSPS) is 22.6. The zero-order valence-electron chi connectivity index (χ0n) is 18.6. The van der Waals surface area contributed by atoms with Crippen LogP contribution in [0.25, 0.3) is 10.4 Å². The number of allylic oxidation sites excluding steroid dienone is 2. The fourth-order valence-electron chi connectivity index (χ4n) is 3.50. The van der Waals surface area contributed by atoms with Gasteiger partial charge in [-0.05, 0) is 47.1 Å². The van der Waals surface area contributed by atoms with Crippen LogP contribution in [0.1, 0.15) is 42.1 Å². The van der Waals surface area contributed by atoms with Crippen LogP contribution in [0.3, 0.4) is 0 Å². The zero-order valence-corrected chi connectivity index (χ0v) is 18.6. The van der Waals surface area contributed by atoms with Crippen LogP contribution in [0, 0.1) is 5.92 Å². The summed E-state index contributed by atoms with van der Waals surface area (Å²) in [4.78, 5) is 27.1. The molecule has 0 saturated heterocycles. The van der Waals surface area contributed by atoms with Gasteiger partial charge >= 0.3 is 5.97 Å². The number of hydrogen-bond acceptors (Lipinski definition) is 6. The molecule has 0 fully saturated rings. The lowest BCUT2D eigenvalue weighted by molar-refractivity contribution is -0.113. The van der Waals surface area contributed by atoms with Crippen molar-refractivity contribution in [2.24, 2.45) is 11.0 Å². The van der Waals surface area contributed by atoms with Gasteiger partial charge in [-0.25, -0.2) is 4.79 Å². The van der Waals surface area contributed by atoms with Gasteiger partial charge in [0.1, 0.15) is 24.2 Å². The number of nitrogens with zero attached hydrogens (tertiary/aromatic N) is 3. The van der Waals surface area contributed by atoms with Crippen LogP contribution in [0.15, 0.2) is 47.6 Å². The van der Waals surface area contributed by atoms with E-state index in [4.69, 9.17) is 24.5 Å². The fourth-order valence-corrected chi connectivity index (χ4v) is 3.50. The van der Waals surface area contributed by atoms with Crippen LogP contribution >= 0.6 is 0 Å². The Balaban J connectivity index is 2.37. The van der Waals surface area contributed by atoms with Gasteiger partial charge in [0.05, 0.1) is 13.2 Å². The standard InChI is InChI=1S/C23H29N3O6/c1-16-8-4-5-9-17-10-6-12-19(30-3)22(17)23(28)32-18(14-20(16)31-15-29-2)11-7-13-21(27)25-26-24/h4-7,10,12-13,16,18,20H,8-9,11,14-15H2,1-3H3/b5-4+,13-7+. The molecule has 0 saturated carbocycles. The quantitative estimate of drug-likeness (QED) is 0.116. The average molecular weight is 444 g/mol. The van der Waals surface area contributed by atoms with Crippen molar-refractivity contribution in [3.05, 3.63) is 64.1 Å². The Morgan fingerprint density at radius 2 is 2.16 bits per heavy atom. The minimum Gasteiger partial charge on any atom is -0.496 e. The highest BCUT2D eigenvalue weighted by Crippen LogP contribution is 2.28. The van der Waals surface area contributed by atoms with Crippen molar-refractivity contribution >= 4 is 11.9 Å². The van der Waals surface area contributed by atoms with Crippen molar-refractivity contribution in [2.75, 3.05) is 21.0 Å². The molecule has 1 aliphatic heterocycles. The second-order valence-electron chi connectivity index (χ2n) is 7.42. The highest BCUT2D eigenvalue weighted by molar-refractivity contribution is 5.94. The number of amides is 1. The van der Waals surface area contributed by atoms with Crippen molar-refractivity contribution in [1.29, 1.82) is 0 Å². The Hall–Kier alpha value is -3.13. The molecule has 3 unspecified atom stereocenters. The molecule has 0 radical (unpaired) electrons. The third-order valence-electron chi connectivity index (χ3n) is 5.16. The fraction of sp³-hybridized carbons (Fsp3) is 0.478. The van der Waals surface area contributed by atoms with Crippen LogP contribution in [0.5, 0.6) is 5.75 Å². The second-order valence-corrected chi connectivity index (χ2v) is 7.42. The van der Waals surface area contributed by atoms with Gasteiger partial charge in [0.2, 0.25) is 5.91 Å². The number of ether oxygens (including phenoxy) is 4. The lowest BCUT2D eigenvalue weighted by Crippen LogP contribution is -2.31. The number of carbonyl (C=O) groups is 2. The van der Waals surface area contributed by atoms with Gasteiger partial charge in [-0.15, -0.1) is 0 Å². The highest BCUT2D eigenvalue weighted by atomic mass is 16.7. The van der Waals surface area contributed by atoms with Crippen LogP contribution < -0.4 is 4.74 Å². The maximum absolute atomic E-state index is 13.2. The summed E-state index contributed by atoms with van der Waals surface area (Å²) in [6, 6.07) is 5.43. The predicted octanol–water partition coefficient (Wildman–Crippen LogP) is 4.52. The van der Waals surface area contributed by atoms with Crippen molar-refractivity contribution < 1.29 is 28.5 Å². The molecule has 1 aromatic carbocycles. The number of benzene rings is 1. The Morgan fingerprint density at radius 1 is 1.34 bits per heavy atom. The van der Waals surface area contributed by atoms with Gasteiger partial charge in [-0.2, -0.15) is 0 Å². The topological polar surface area (TPSA) is 120 Å². The molecule has 9 heteroatoms. The number of azide groups is 1. The molecular weight excluding hydrogens is 414 g/mol. The van der Waals surface area contributed by atoms with E-state index in [0.29, 0.717) is 24.2 Å². The van der Waals surface area contributed by atoms with Gasteiger partial charge in [0, 0.05) is 24.9 Å². The van der Waals surface area contributed by atoms with E-state index in [9.17, 15) is 9.59 Å². The number of cyclic esters (lactones) is 1. The number of fused-ring (bicyclic) bond motifs is 1. The number of carbonyl (C=O) groups excluding carboxylic acids is 2. The van der Waals surface area contributed by atoms with Gasteiger partial charge in [0.15, 0.2) is 0 Å². The first kappa shape index (κ1) is 25.1. The average Bonchev–Trinajstić information content (AvgIpc) is 2.78. The first-order valence-electron chi connectivity index (χ1n) is 10.4. The van der Waals surface area contributed by atoms with Crippen LogP contribution in [-0.2, 0) is 25.4 Å². The molecule has 0 aliphatic carbocycles. The van der Waals surface area contributed by atoms with E-state index in [1.54, 1.807) is 13.2 Å².